The van der Waals surface area contributed by atoms with Crippen LogP contribution < -0.4 is 15.5 Å². The van der Waals surface area contributed by atoms with E-state index in [0.29, 0.717) is 16.9 Å². The van der Waals surface area contributed by atoms with E-state index < -0.39 is 11.7 Å². The van der Waals surface area contributed by atoms with Crippen molar-refractivity contribution in [1.29, 1.82) is 0 Å². The maximum Gasteiger partial charge on any atom is 0.407 e. The first-order valence-electron chi connectivity index (χ1n) is 9.69. The molecule has 0 spiro atoms. The molecule has 0 saturated heterocycles. The minimum absolute atomic E-state index is 0.253. The summed E-state index contributed by atoms with van der Waals surface area (Å²) in [7, 11) is 3.93. The first kappa shape index (κ1) is 22.9. The molecule has 2 N–H and O–H groups in total. The van der Waals surface area contributed by atoms with Crippen molar-refractivity contribution in [3.8, 4) is 0 Å². The van der Waals surface area contributed by atoms with Crippen molar-refractivity contribution in [2.45, 2.75) is 26.4 Å². The molecule has 2 aromatic carbocycles. The Morgan fingerprint density at radius 2 is 1.57 bits per heavy atom. The Kier molecular flexibility index (Phi) is 7.91. The lowest BCUT2D eigenvalue weighted by Gasteiger charge is -2.19. The van der Waals surface area contributed by atoms with Gasteiger partial charge in [-0.1, -0.05) is 12.1 Å². The SMILES string of the molecule is CN(C)c1ccc(N=Nc2ccccc2C(=O)NCCNC(=O)OC(C)(C)C)cc1. The van der Waals surface area contributed by atoms with Crippen LogP contribution >= 0.6 is 0 Å². The number of azo groups is 1. The van der Waals surface area contributed by atoms with Gasteiger partial charge in [-0.3, -0.25) is 4.79 Å². The zero-order valence-corrected chi connectivity index (χ0v) is 18.1. The highest BCUT2D eigenvalue weighted by Crippen LogP contribution is 2.23. The van der Waals surface area contributed by atoms with Crippen LogP contribution in [0.2, 0.25) is 0 Å². The van der Waals surface area contributed by atoms with Crippen molar-refractivity contribution in [1.82, 2.24) is 10.6 Å². The fraction of sp³-hybridized carbons (Fsp3) is 0.364. The van der Waals surface area contributed by atoms with Gasteiger partial charge in [0.15, 0.2) is 0 Å². The van der Waals surface area contributed by atoms with Crippen molar-refractivity contribution < 1.29 is 14.3 Å². The van der Waals surface area contributed by atoms with Gasteiger partial charge >= 0.3 is 6.09 Å². The predicted molar refractivity (Wildman–Crippen MR) is 118 cm³/mol. The molecule has 0 aromatic heterocycles. The molecule has 0 saturated carbocycles. The number of hydrogen-bond acceptors (Lipinski definition) is 6. The molecule has 0 aliphatic carbocycles. The number of ether oxygens (including phenoxy) is 1. The predicted octanol–water partition coefficient (Wildman–Crippen LogP) is 4.42. The Labute approximate surface area is 177 Å². The van der Waals surface area contributed by atoms with E-state index in [1.165, 1.54) is 0 Å². The average molecular weight is 412 g/mol. The number of anilines is 1. The minimum Gasteiger partial charge on any atom is -0.444 e. The zero-order valence-electron chi connectivity index (χ0n) is 18.1. The van der Waals surface area contributed by atoms with Crippen LogP contribution in [0.15, 0.2) is 58.8 Å². The second kappa shape index (κ2) is 10.4. The number of alkyl carbamates (subject to hydrolysis) is 1. The molecule has 0 radical (unpaired) electrons. The third-order valence-corrected chi connectivity index (χ3v) is 3.87. The summed E-state index contributed by atoms with van der Waals surface area (Å²) in [6.07, 6.45) is -0.522. The smallest absolute Gasteiger partial charge is 0.407 e. The Hall–Kier alpha value is -3.42. The zero-order chi connectivity index (χ0) is 22.1. The van der Waals surface area contributed by atoms with Gasteiger partial charge in [-0.2, -0.15) is 5.11 Å². The second-order valence-electron chi connectivity index (χ2n) is 7.81. The standard InChI is InChI=1S/C22H29N5O3/c1-22(2,3)30-21(29)24-15-14-23-20(28)18-8-6-7-9-19(18)26-25-16-10-12-17(13-11-16)27(4)5/h6-13H,14-15H2,1-5H3,(H,23,28)(H,24,29). The summed E-state index contributed by atoms with van der Waals surface area (Å²) in [6, 6.07) is 14.6. The molecule has 0 bridgehead atoms. The third-order valence-electron chi connectivity index (χ3n) is 3.87. The van der Waals surface area contributed by atoms with Crippen molar-refractivity contribution in [3.63, 3.8) is 0 Å². The topological polar surface area (TPSA) is 95.4 Å². The minimum atomic E-state index is -0.565. The van der Waals surface area contributed by atoms with Gasteiger partial charge in [0.2, 0.25) is 0 Å². The third kappa shape index (κ3) is 7.54. The molecule has 160 valence electrons. The Morgan fingerprint density at radius 1 is 0.933 bits per heavy atom. The average Bonchev–Trinajstić information content (AvgIpc) is 2.68. The van der Waals surface area contributed by atoms with E-state index in [-0.39, 0.29) is 19.0 Å². The molecule has 0 aliphatic rings. The van der Waals surface area contributed by atoms with E-state index in [0.717, 1.165) is 5.69 Å². The molecule has 30 heavy (non-hydrogen) atoms. The molecule has 2 aromatic rings. The summed E-state index contributed by atoms with van der Waals surface area (Å²) in [6.45, 7) is 5.88. The summed E-state index contributed by atoms with van der Waals surface area (Å²) >= 11 is 0. The van der Waals surface area contributed by atoms with Gasteiger partial charge in [0.05, 0.1) is 16.9 Å². The van der Waals surface area contributed by atoms with Gasteiger partial charge in [0, 0.05) is 32.9 Å². The molecular weight excluding hydrogens is 382 g/mol. The highest BCUT2D eigenvalue weighted by molar-refractivity contribution is 5.98. The fourth-order valence-electron chi connectivity index (χ4n) is 2.43. The van der Waals surface area contributed by atoms with Crippen molar-refractivity contribution in [2.75, 3.05) is 32.1 Å². The van der Waals surface area contributed by atoms with E-state index in [1.54, 1.807) is 45.0 Å². The van der Waals surface area contributed by atoms with Gasteiger partial charge in [0.25, 0.3) is 5.91 Å². The number of hydrogen-bond donors (Lipinski definition) is 2. The highest BCUT2D eigenvalue weighted by atomic mass is 16.6. The van der Waals surface area contributed by atoms with Crippen molar-refractivity contribution >= 4 is 29.1 Å². The second-order valence-corrected chi connectivity index (χ2v) is 7.81. The van der Waals surface area contributed by atoms with E-state index >= 15 is 0 Å². The van der Waals surface area contributed by atoms with E-state index in [2.05, 4.69) is 20.9 Å². The number of nitrogens with zero attached hydrogens (tertiary/aromatic N) is 3. The Morgan fingerprint density at radius 3 is 2.20 bits per heavy atom. The molecule has 2 amide bonds. The monoisotopic (exact) mass is 411 g/mol. The first-order chi connectivity index (χ1) is 14.2. The lowest BCUT2D eigenvalue weighted by Crippen LogP contribution is -2.37. The number of carbonyl (C=O) groups excluding carboxylic acids is 2. The van der Waals surface area contributed by atoms with Crippen LogP contribution in [0.3, 0.4) is 0 Å². The summed E-state index contributed by atoms with van der Waals surface area (Å²) < 4.78 is 5.15. The highest BCUT2D eigenvalue weighted by Gasteiger charge is 2.16. The lowest BCUT2D eigenvalue weighted by atomic mass is 10.1. The summed E-state index contributed by atoms with van der Waals surface area (Å²) in [5.74, 6) is -0.293. The molecule has 8 nitrogen and oxygen atoms in total. The van der Waals surface area contributed by atoms with Crippen LogP contribution in [0.1, 0.15) is 31.1 Å². The van der Waals surface area contributed by atoms with Gasteiger partial charge in [-0.15, -0.1) is 5.11 Å². The first-order valence-corrected chi connectivity index (χ1v) is 9.69. The molecular formula is C22H29N5O3. The van der Waals surface area contributed by atoms with Gasteiger partial charge < -0.3 is 20.3 Å². The van der Waals surface area contributed by atoms with Gasteiger partial charge in [-0.25, -0.2) is 4.79 Å². The lowest BCUT2D eigenvalue weighted by molar-refractivity contribution is 0.0526. The molecule has 0 fully saturated rings. The normalized spacial score (nSPS) is 11.2. The number of amides is 2. The van der Waals surface area contributed by atoms with E-state index in [9.17, 15) is 9.59 Å². The maximum atomic E-state index is 12.5. The molecule has 2 rings (SSSR count). The Balaban J connectivity index is 1.94. The molecule has 0 aliphatic heterocycles. The quantitative estimate of drug-likeness (QED) is 0.521. The largest absolute Gasteiger partial charge is 0.444 e. The number of benzene rings is 2. The number of carbonyl (C=O) groups is 2. The van der Waals surface area contributed by atoms with Crippen molar-refractivity contribution in [3.05, 3.63) is 54.1 Å². The molecule has 8 heteroatoms. The number of rotatable bonds is 7. The maximum absolute atomic E-state index is 12.5. The Bertz CT molecular complexity index is 886. The summed E-state index contributed by atoms with van der Waals surface area (Å²) in [5.41, 5.74) is 2.06. The van der Waals surface area contributed by atoms with E-state index in [1.807, 2.05) is 43.3 Å². The van der Waals surface area contributed by atoms with Crippen LogP contribution in [-0.2, 0) is 4.74 Å². The summed E-state index contributed by atoms with van der Waals surface area (Å²) in [5, 5.41) is 13.8. The molecule has 0 heterocycles. The van der Waals surface area contributed by atoms with Crippen LogP contribution in [0.5, 0.6) is 0 Å². The van der Waals surface area contributed by atoms with Crippen LogP contribution in [0, 0.1) is 0 Å². The molecule has 0 unspecified atom stereocenters. The molecule has 0 atom stereocenters. The van der Waals surface area contributed by atoms with E-state index in [4.69, 9.17) is 4.74 Å². The fourth-order valence-corrected chi connectivity index (χ4v) is 2.43. The van der Waals surface area contributed by atoms with Gasteiger partial charge in [-0.05, 0) is 57.2 Å². The summed E-state index contributed by atoms with van der Waals surface area (Å²) in [4.78, 5) is 26.1. The number of nitrogens with one attached hydrogen (secondary N) is 2. The van der Waals surface area contributed by atoms with Crippen LogP contribution in [0.25, 0.3) is 0 Å². The van der Waals surface area contributed by atoms with Gasteiger partial charge in [0.1, 0.15) is 5.60 Å². The van der Waals surface area contributed by atoms with Crippen LogP contribution in [0.4, 0.5) is 21.9 Å². The van der Waals surface area contributed by atoms with Crippen molar-refractivity contribution in [2.24, 2.45) is 10.2 Å². The van der Waals surface area contributed by atoms with Crippen LogP contribution in [-0.4, -0.2) is 44.8 Å².